The minimum atomic E-state index is -0.167. The summed E-state index contributed by atoms with van der Waals surface area (Å²) in [6.07, 6.45) is 11.3. The average molecular weight is 206 g/mol. The first-order chi connectivity index (χ1) is 7.25. The predicted octanol–water partition coefficient (Wildman–Crippen LogP) is 3.49. The zero-order valence-corrected chi connectivity index (χ0v) is 8.71. The van der Waals surface area contributed by atoms with Crippen LogP contribution >= 0.6 is 0 Å². The SMILES string of the molecule is O=C1CCCC/C1=C\C1C=CC(F)=CC1. The maximum Gasteiger partial charge on any atom is 0.158 e. The van der Waals surface area contributed by atoms with Crippen molar-refractivity contribution in [2.75, 3.05) is 0 Å². The highest BCUT2D eigenvalue weighted by Gasteiger charge is 2.16. The molecule has 2 aliphatic rings. The van der Waals surface area contributed by atoms with Crippen molar-refractivity contribution in [3.8, 4) is 0 Å². The van der Waals surface area contributed by atoms with Gasteiger partial charge in [-0.3, -0.25) is 4.79 Å². The zero-order chi connectivity index (χ0) is 10.7. The lowest BCUT2D eigenvalue weighted by Crippen LogP contribution is -2.10. The molecule has 0 N–H and O–H groups in total. The second-order valence-corrected chi connectivity index (χ2v) is 4.17. The normalized spacial score (nSPS) is 29.4. The van der Waals surface area contributed by atoms with Crippen LogP contribution in [0.25, 0.3) is 0 Å². The smallest absolute Gasteiger partial charge is 0.158 e. The fraction of sp³-hybridized carbons (Fsp3) is 0.462. The van der Waals surface area contributed by atoms with Crippen LogP contribution < -0.4 is 0 Å². The lowest BCUT2D eigenvalue weighted by Gasteiger charge is -2.16. The van der Waals surface area contributed by atoms with Crippen LogP contribution in [0.5, 0.6) is 0 Å². The number of carbonyl (C=O) groups excluding carboxylic acids is 1. The van der Waals surface area contributed by atoms with Gasteiger partial charge in [-0.1, -0.05) is 12.2 Å². The molecular formula is C13H15FO. The van der Waals surface area contributed by atoms with Crippen LogP contribution in [0.1, 0.15) is 32.1 Å². The molecule has 1 unspecified atom stereocenters. The summed E-state index contributed by atoms with van der Waals surface area (Å²) in [5.74, 6) is 0.325. The first-order valence-corrected chi connectivity index (χ1v) is 5.53. The molecule has 0 amide bonds. The van der Waals surface area contributed by atoms with Crippen LogP contribution in [0.2, 0.25) is 0 Å². The third-order valence-electron chi connectivity index (χ3n) is 2.96. The summed E-state index contributed by atoms with van der Waals surface area (Å²) in [7, 11) is 0. The van der Waals surface area contributed by atoms with E-state index < -0.39 is 0 Å². The Bertz CT molecular complexity index is 350. The molecule has 0 aromatic heterocycles. The van der Waals surface area contributed by atoms with Gasteiger partial charge >= 0.3 is 0 Å². The van der Waals surface area contributed by atoms with E-state index in [4.69, 9.17) is 0 Å². The van der Waals surface area contributed by atoms with Crippen molar-refractivity contribution in [1.82, 2.24) is 0 Å². The van der Waals surface area contributed by atoms with Gasteiger partial charge < -0.3 is 0 Å². The summed E-state index contributed by atoms with van der Waals surface area (Å²) < 4.78 is 12.7. The van der Waals surface area contributed by atoms with Gasteiger partial charge in [-0.15, -0.1) is 0 Å². The molecule has 0 aliphatic heterocycles. The van der Waals surface area contributed by atoms with Crippen LogP contribution in [0.15, 0.2) is 35.7 Å². The molecule has 1 atom stereocenters. The molecule has 15 heavy (non-hydrogen) atoms. The van der Waals surface area contributed by atoms with Gasteiger partial charge in [0.2, 0.25) is 0 Å². The summed E-state index contributed by atoms with van der Waals surface area (Å²) in [6, 6.07) is 0. The van der Waals surface area contributed by atoms with E-state index in [0.717, 1.165) is 24.8 Å². The third-order valence-corrected chi connectivity index (χ3v) is 2.96. The number of hydrogen-bond donors (Lipinski definition) is 0. The maximum absolute atomic E-state index is 12.7. The monoisotopic (exact) mass is 206 g/mol. The van der Waals surface area contributed by atoms with E-state index in [2.05, 4.69) is 0 Å². The Morgan fingerprint density at radius 1 is 1.33 bits per heavy atom. The van der Waals surface area contributed by atoms with Crippen LogP contribution in [-0.2, 0) is 4.79 Å². The van der Waals surface area contributed by atoms with Crippen molar-refractivity contribution in [2.24, 2.45) is 5.92 Å². The number of hydrogen-bond acceptors (Lipinski definition) is 1. The molecule has 1 nitrogen and oxygen atoms in total. The van der Waals surface area contributed by atoms with Crippen molar-refractivity contribution in [3.63, 3.8) is 0 Å². The number of ketones is 1. The van der Waals surface area contributed by atoms with E-state index in [0.29, 0.717) is 12.8 Å². The zero-order valence-electron chi connectivity index (χ0n) is 8.71. The number of halogens is 1. The number of carbonyl (C=O) groups is 1. The van der Waals surface area contributed by atoms with Gasteiger partial charge in [0.05, 0.1) is 0 Å². The molecule has 2 aliphatic carbocycles. The largest absolute Gasteiger partial charge is 0.295 e. The standard InChI is InChI=1S/C13H15FO/c14-12-7-5-10(6-8-12)9-11-3-1-2-4-13(11)15/h5,7-10H,1-4,6H2/b11-9+. The number of rotatable bonds is 1. The Morgan fingerprint density at radius 2 is 2.13 bits per heavy atom. The van der Waals surface area contributed by atoms with Gasteiger partial charge in [-0.05, 0) is 49.3 Å². The van der Waals surface area contributed by atoms with Crippen LogP contribution in [0, 0.1) is 5.92 Å². The van der Waals surface area contributed by atoms with Gasteiger partial charge in [0.15, 0.2) is 5.78 Å². The summed E-state index contributed by atoms with van der Waals surface area (Å²) in [4.78, 5) is 11.6. The summed E-state index contributed by atoms with van der Waals surface area (Å²) in [5.41, 5.74) is 0.951. The molecule has 0 saturated heterocycles. The second-order valence-electron chi connectivity index (χ2n) is 4.17. The van der Waals surface area contributed by atoms with E-state index in [1.807, 2.05) is 12.2 Å². The fourth-order valence-electron chi connectivity index (χ4n) is 2.07. The highest BCUT2D eigenvalue weighted by atomic mass is 19.1. The molecule has 0 spiro atoms. The highest BCUT2D eigenvalue weighted by Crippen LogP contribution is 2.25. The molecule has 2 rings (SSSR count). The fourth-order valence-corrected chi connectivity index (χ4v) is 2.07. The Hall–Kier alpha value is -1.18. The summed E-state index contributed by atoms with van der Waals surface area (Å²) in [6.45, 7) is 0. The molecule has 80 valence electrons. The van der Waals surface area contributed by atoms with Gasteiger partial charge in [0.1, 0.15) is 5.83 Å². The van der Waals surface area contributed by atoms with Crippen molar-refractivity contribution >= 4 is 5.78 Å². The van der Waals surface area contributed by atoms with E-state index in [9.17, 15) is 9.18 Å². The van der Waals surface area contributed by atoms with Gasteiger partial charge in [-0.2, -0.15) is 0 Å². The minimum absolute atomic E-state index is 0.167. The molecule has 0 bridgehead atoms. The van der Waals surface area contributed by atoms with Crippen molar-refractivity contribution in [1.29, 1.82) is 0 Å². The lowest BCUT2D eigenvalue weighted by molar-refractivity contribution is -0.116. The van der Waals surface area contributed by atoms with Gasteiger partial charge in [0, 0.05) is 6.42 Å². The highest BCUT2D eigenvalue weighted by molar-refractivity contribution is 5.95. The molecular weight excluding hydrogens is 191 g/mol. The summed E-state index contributed by atoms with van der Waals surface area (Å²) in [5, 5.41) is 0. The molecule has 0 aromatic rings. The van der Waals surface area contributed by atoms with Crippen LogP contribution in [-0.4, -0.2) is 5.78 Å². The Labute approximate surface area is 89.4 Å². The Kier molecular flexibility index (Phi) is 3.14. The molecule has 1 saturated carbocycles. The van der Waals surface area contributed by atoms with Gasteiger partial charge in [-0.25, -0.2) is 4.39 Å². The summed E-state index contributed by atoms with van der Waals surface area (Å²) >= 11 is 0. The van der Waals surface area contributed by atoms with Crippen molar-refractivity contribution in [2.45, 2.75) is 32.1 Å². The van der Waals surface area contributed by atoms with Crippen molar-refractivity contribution < 1.29 is 9.18 Å². The van der Waals surface area contributed by atoms with Crippen molar-refractivity contribution in [3.05, 3.63) is 35.7 Å². The number of Topliss-reactive ketones (excluding diaryl/α,β-unsaturated/α-hetero) is 1. The number of allylic oxidation sites excluding steroid dienone is 6. The topological polar surface area (TPSA) is 17.1 Å². The second kappa shape index (κ2) is 4.56. The first kappa shape index (κ1) is 10.3. The van der Waals surface area contributed by atoms with E-state index >= 15 is 0 Å². The quantitative estimate of drug-likeness (QED) is 0.600. The van der Waals surface area contributed by atoms with Gasteiger partial charge in [0.25, 0.3) is 0 Å². The molecule has 2 heteroatoms. The molecule has 1 fully saturated rings. The third kappa shape index (κ3) is 2.65. The minimum Gasteiger partial charge on any atom is -0.295 e. The Balaban J connectivity index is 2.04. The van der Waals surface area contributed by atoms with Crippen LogP contribution in [0.3, 0.4) is 0 Å². The first-order valence-electron chi connectivity index (χ1n) is 5.53. The molecule has 0 radical (unpaired) electrons. The average Bonchev–Trinajstić information content (AvgIpc) is 2.25. The molecule has 0 aromatic carbocycles. The lowest BCUT2D eigenvalue weighted by atomic mass is 9.89. The maximum atomic E-state index is 12.7. The predicted molar refractivity (Wildman–Crippen MR) is 58.0 cm³/mol. The van der Waals surface area contributed by atoms with Crippen LogP contribution in [0.4, 0.5) is 4.39 Å². The van der Waals surface area contributed by atoms with E-state index in [1.165, 1.54) is 6.08 Å². The molecule has 0 heterocycles. The Morgan fingerprint density at radius 3 is 2.80 bits per heavy atom. The van der Waals surface area contributed by atoms with E-state index in [-0.39, 0.29) is 17.5 Å². The van der Waals surface area contributed by atoms with E-state index in [1.54, 1.807) is 6.08 Å².